The first-order valence-corrected chi connectivity index (χ1v) is 7.45. The molecule has 0 unspecified atom stereocenters. The van der Waals surface area contributed by atoms with Crippen molar-refractivity contribution >= 4 is 0 Å². The van der Waals surface area contributed by atoms with Gasteiger partial charge in [-0.2, -0.15) is 0 Å². The highest BCUT2D eigenvalue weighted by atomic mass is 16.5. The van der Waals surface area contributed by atoms with Gasteiger partial charge in [0.25, 0.3) is 0 Å². The van der Waals surface area contributed by atoms with Crippen molar-refractivity contribution in [3.63, 3.8) is 0 Å². The van der Waals surface area contributed by atoms with E-state index in [-0.39, 0.29) is 0 Å². The van der Waals surface area contributed by atoms with E-state index in [2.05, 4.69) is 52.0 Å². The molecule has 0 saturated heterocycles. The fraction of sp³-hybridized carbons (Fsp3) is 0.647. The second-order valence-corrected chi connectivity index (χ2v) is 4.56. The molecule has 19 heavy (non-hydrogen) atoms. The van der Waals surface area contributed by atoms with E-state index in [4.69, 9.17) is 9.47 Å². The minimum Gasteiger partial charge on any atom is -0.379 e. The highest BCUT2D eigenvalue weighted by Crippen LogP contribution is 2.02. The van der Waals surface area contributed by atoms with Crippen LogP contribution >= 0.6 is 0 Å². The molecule has 1 aromatic rings. The van der Waals surface area contributed by atoms with E-state index >= 15 is 0 Å². The number of aryl methyl sites for hydroxylation is 2. The topological polar surface area (TPSA) is 18.5 Å². The molecule has 0 spiro atoms. The van der Waals surface area contributed by atoms with Gasteiger partial charge >= 0.3 is 0 Å². The van der Waals surface area contributed by atoms with Gasteiger partial charge in [0, 0.05) is 13.2 Å². The summed E-state index contributed by atoms with van der Waals surface area (Å²) >= 11 is 0. The summed E-state index contributed by atoms with van der Waals surface area (Å²) in [4.78, 5) is 0. The standard InChI is InChI=1S/C9H12.C8H18O2/c1-3-9-6-4-8(2)5-7-9;1-3-5-9-7-8-10-6-4-2/h4-7H,3H2,1-2H3;3-8H2,1-2H3. The van der Waals surface area contributed by atoms with Gasteiger partial charge in [-0.25, -0.2) is 0 Å². The third-order valence-electron chi connectivity index (χ3n) is 2.60. The molecule has 0 amide bonds. The molecular formula is C17H30O2. The summed E-state index contributed by atoms with van der Waals surface area (Å²) in [6, 6.07) is 8.66. The second kappa shape index (κ2) is 13.6. The first-order valence-electron chi connectivity index (χ1n) is 7.45. The molecule has 0 fully saturated rings. The maximum atomic E-state index is 5.20. The maximum absolute atomic E-state index is 5.20. The van der Waals surface area contributed by atoms with Crippen LogP contribution in [0.3, 0.4) is 0 Å². The molecule has 0 heterocycles. The minimum atomic E-state index is 0.744. The molecule has 110 valence electrons. The van der Waals surface area contributed by atoms with Crippen molar-refractivity contribution in [1.82, 2.24) is 0 Å². The summed E-state index contributed by atoms with van der Waals surface area (Å²) in [6.45, 7) is 11.7. The monoisotopic (exact) mass is 266 g/mol. The molecule has 1 rings (SSSR count). The summed E-state index contributed by atoms with van der Waals surface area (Å²) in [6.07, 6.45) is 3.32. The zero-order chi connectivity index (χ0) is 14.3. The zero-order valence-corrected chi connectivity index (χ0v) is 13.1. The SMILES string of the molecule is CCCOCCOCCC.CCc1ccc(C)cc1. The lowest BCUT2D eigenvalue weighted by atomic mass is 10.1. The maximum Gasteiger partial charge on any atom is 0.0700 e. The largest absolute Gasteiger partial charge is 0.379 e. The molecule has 0 bridgehead atoms. The Hall–Kier alpha value is -0.860. The first kappa shape index (κ1) is 18.1. The van der Waals surface area contributed by atoms with Crippen molar-refractivity contribution in [2.24, 2.45) is 0 Å². The van der Waals surface area contributed by atoms with E-state index in [1.54, 1.807) is 0 Å². The molecular weight excluding hydrogens is 236 g/mol. The van der Waals surface area contributed by atoms with Gasteiger partial charge in [0.1, 0.15) is 0 Å². The van der Waals surface area contributed by atoms with Crippen LogP contribution in [0.15, 0.2) is 24.3 Å². The number of hydrogen-bond acceptors (Lipinski definition) is 2. The fourth-order valence-corrected chi connectivity index (χ4v) is 1.43. The molecule has 0 aliphatic heterocycles. The molecule has 0 atom stereocenters. The minimum absolute atomic E-state index is 0.744. The summed E-state index contributed by atoms with van der Waals surface area (Å²) < 4.78 is 10.4. The number of benzene rings is 1. The van der Waals surface area contributed by atoms with Crippen molar-refractivity contribution in [1.29, 1.82) is 0 Å². The number of hydrogen-bond donors (Lipinski definition) is 0. The van der Waals surface area contributed by atoms with E-state index in [1.807, 2.05) is 0 Å². The number of rotatable bonds is 8. The Kier molecular flexibility index (Phi) is 13.0. The third-order valence-corrected chi connectivity index (χ3v) is 2.60. The number of ether oxygens (including phenoxy) is 2. The van der Waals surface area contributed by atoms with Crippen molar-refractivity contribution < 1.29 is 9.47 Å². The molecule has 0 N–H and O–H groups in total. The van der Waals surface area contributed by atoms with Crippen LogP contribution in [0.1, 0.15) is 44.7 Å². The lowest BCUT2D eigenvalue weighted by Gasteiger charge is -2.02. The molecule has 0 saturated carbocycles. The normalized spacial score (nSPS) is 9.89. The Bertz CT molecular complexity index is 272. The van der Waals surface area contributed by atoms with E-state index in [0.717, 1.165) is 45.7 Å². The Balaban J connectivity index is 0.000000342. The van der Waals surface area contributed by atoms with Gasteiger partial charge < -0.3 is 9.47 Å². The Morgan fingerprint density at radius 2 is 1.21 bits per heavy atom. The van der Waals surface area contributed by atoms with Gasteiger partial charge in [-0.3, -0.25) is 0 Å². The van der Waals surface area contributed by atoms with Crippen molar-refractivity contribution in [2.75, 3.05) is 26.4 Å². The highest BCUT2D eigenvalue weighted by molar-refractivity contribution is 5.20. The predicted octanol–water partition coefficient (Wildman–Crippen LogP) is 4.40. The summed E-state index contributed by atoms with van der Waals surface area (Å²) in [7, 11) is 0. The predicted molar refractivity (Wildman–Crippen MR) is 82.8 cm³/mol. The van der Waals surface area contributed by atoms with E-state index in [9.17, 15) is 0 Å². The van der Waals surface area contributed by atoms with Crippen molar-refractivity contribution in [2.45, 2.75) is 47.0 Å². The Morgan fingerprint density at radius 3 is 1.58 bits per heavy atom. The first-order chi connectivity index (χ1) is 9.24. The molecule has 0 aliphatic carbocycles. The van der Waals surface area contributed by atoms with Crippen LogP contribution < -0.4 is 0 Å². The van der Waals surface area contributed by atoms with Gasteiger partial charge in [0.05, 0.1) is 13.2 Å². The zero-order valence-electron chi connectivity index (χ0n) is 13.1. The highest BCUT2D eigenvalue weighted by Gasteiger charge is 1.86. The van der Waals surface area contributed by atoms with Gasteiger partial charge in [-0.1, -0.05) is 50.6 Å². The quantitative estimate of drug-likeness (QED) is 0.649. The van der Waals surface area contributed by atoms with E-state index in [0.29, 0.717) is 0 Å². The smallest absolute Gasteiger partial charge is 0.0700 e. The average Bonchev–Trinajstić information content (AvgIpc) is 2.44. The Labute approximate surface area is 119 Å². The lowest BCUT2D eigenvalue weighted by molar-refractivity contribution is 0.0483. The van der Waals surface area contributed by atoms with E-state index in [1.165, 1.54) is 11.1 Å². The summed E-state index contributed by atoms with van der Waals surface area (Å²) in [5.74, 6) is 0. The van der Waals surface area contributed by atoms with Crippen LogP contribution in [0.5, 0.6) is 0 Å². The second-order valence-electron chi connectivity index (χ2n) is 4.56. The molecule has 0 radical (unpaired) electrons. The molecule has 2 heteroatoms. The summed E-state index contributed by atoms with van der Waals surface area (Å²) in [5, 5.41) is 0. The van der Waals surface area contributed by atoms with Crippen LogP contribution in [0, 0.1) is 6.92 Å². The molecule has 0 aromatic heterocycles. The third kappa shape index (κ3) is 11.9. The van der Waals surface area contributed by atoms with Crippen molar-refractivity contribution in [3.8, 4) is 0 Å². The fourth-order valence-electron chi connectivity index (χ4n) is 1.43. The van der Waals surface area contributed by atoms with Crippen LogP contribution in [0.2, 0.25) is 0 Å². The average molecular weight is 266 g/mol. The van der Waals surface area contributed by atoms with Crippen molar-refractivity contribution in [3.05, 3.63) is 35.4 Å². The van der Waals surface area contributed by atoms with Gasteiger partial charge in [0.2, 0.25) is 0 Å². The molecule has 1 aromatic carbocycles. The van der Waals surface area contributed by atoms with Crippen LogP contribution in [-0.2, 0) is 15.9 Å². The summed E-state index contributed by atoms with van der Waals surface area (Å²) in [5.41, 5.74) is 2.76. The van der Waals surface area contributed by atoms with Crippen LogP contribution in [0.25, 0.3) is 0 Å². The molecule has 2 nitrogen and oxygen atoms in total. The van der Waals surface area contributed by atoms with Gasteiger partial charge in [0.15, 0.2) is 0 Å². The van der Waals surface area contributed by atoms with Crippen LogP contribution in [-0.4, -0.2) is 26.4 Å². The lowest BCUT2D eigenvalue weighted by Crippen LogP contribution is -2.04. The van der Waals surface area contributed by atoms with Gasteiger partial charge in [-0.05, 0) is 31.7 Å². The Morgan fingerprint density at radius 1 is 0.737 bits per heavy atom. The van der Waals surface area contributed by atoms with Crippen LogP contribution in [0.4, 0.5) is 0 Å². The van der Waals surface area contributed by atoms with Gasteiger partial charge in [-0.15, -0.1) is 0 Å². The van der Waals surface area contributed by atoms with E-state index < -0.39 is 0 Å². The molecule has 0 aliphatic rings.